The maximum Gasteiger partial charge on any atom is 0.275 e. The predicted octanol–water partition coefficient (Wildman–Crippen LogP) is 0.362. The Morgan fingerprint density at radius 2 is 2.00 bits per heavy atom. The van der Waals surface area contributed by atoms with Crippen molar-refractivity contribution in [3.05, 3.63) is 29.3 Å². The van der Waals surface area contributed by atoms with Gasteiger partial charge in [-0.2, -0.15) is 0 Å². The number of hydrogen-bond acceptors (Lipinski definition) is 5. The van der Waals surface area contributed by atoms with Crippen LogP contribution in [-0.4, -0.2) is 56.5 Å². The van der Waals surface area contributed by atoms with E-state index in [4.69, 9.17) is 4.98 Å². The molecule has 140 valence electrons. The first kappa shape index (κ1) is 17.9. The summed E-state index contributed by atoms with van der Waals surface area (Å²) in [6.07, 6.45) is 2.63. The number of fused-ring (bicyclic) bond motifs is 1. The van der Waals surface area contributed by atoms with Crippen molar-refractivity contribution >= 4 is 37.3 Å². The van der Waals surface area contributed by atoms with Gasteiger partial charge in [-0.1, -0.05) is 12.1 Å². The number of carbonyl (C=O) groups is 1. The summed E-state index contributed by atoms with van der Waals surface area (Å²) >= 11 is 1.78. The van der Waals surface area contributed by atoms with Crippen molar-refractivity contribution in [3.8, 4) is 0 Å². The molecule has 2 fully saturated rings. The predicted molar refractivity (Wildman–Crippen MR) is 102 cm³/mol. The van der Waals surface area contributed by atoms with Crippen LogP contribution in [0.4, 0.5) is 0 Å². The van der Waals surface area contributed by atoms with Gasteiger partial charge in [0.1, 0.15) is 0 Å². The summed E-state index contributed by atoms with van der Waals surface area (Å²) < 4.78 is 24.2. The van der Waals surface area contributed by atoms with E-state index < -0.39 is 9.84 Å². The Morgan fingerprint density at radius 3 is 2.69 bits per heavy atom. The molecule has 1 aromatic heterocycles. The molecule has 3 heterocycles. The van der Waals surface area contributed by atoms with Crippen molar-refractivity contribution < 1.29 is 18.1 Å². The maximum absolute atomic E-state index is 12.2. The number of hydrogen-bond donors (Lipinski definition) is 2. The molecule has 2 N–H and O–H groups in total. The minimum atomic E-state index is -2.95. The largest absolute Gasteiger partial charge is 0.347 e. The Bertz CT molecular complexity index is 868. The molecule has 4 rings (SSSR count). The summed E-state index contributed by atoms with van der Waals surface area (Å²) in [4.78, 5) is 18.3. The second-order valence-electron chi connectivity index (χ2n) is 7.39. The van der Waals surface area contributed by atoms with E-state index in [0.717, 1.165) is 31.4 Å². The third-order valence-electron chi connectivity index (χ3n) is 5.36. The van der Waals surface area contributed by atoms with Crippen molar-refractivity contribution in [2.24, 2.45) is 0 Å². The van der Waals surface area contributed by atoms with E-state index in [9.17, 15) is 13.2 Å². The number of quaternary nitrogens is 1. The molecule has 2 saturated heterocycles. The van der Waals surface area contributed by atoms with Gasteiger partial charge in [0.25, 0.3) is 5.91 Å². The average Bonchev–Trinajstić information content (AvgIpc) is 3.18. The summed E-state index contributed by atoms with van der Waals surface area (Å²) in [6, 6.07) is 8.04. The van der Waals surface area contributed by atoms with Crippen LogP contribution in [0.3, 0.4) is 0 Å². The highest BCUT2D eigenvalue weighted by molar-refractivity contribution is 7.91. The quantitative estimate of drug-likeness (QED) is 0.785. The fourth-order valence-electron chi connectivity index (χ4n) is 3.93. The van der Waals surface area contributed by atoms with Gasteiger partial charge in [0.2, 0.25) is 0 Å². The first-order valence-corrected chi connectivity index (χ1v) is 11.8. The molecule has 1 atom stereocenters. The lowest BCUT2D eigenvalue weighted by molar-refractivity contribution is -0.897. The minimum absolute atomic E-state index is 0.0273. The van der Waals surface area contributed by atoms with E-state index in [1.165, 1.54) is 14.6 Å². The van der Waals surface area contributed by atoms with E-state index in [1.54, 1.807) is 11.3 Å². The van der Waals surface area contributed by atoms with Gasteiger partial charge in [-0.25, -0.2) is 13.4 Å². The number of benzene rings is 1. The number of para-hydroxylation sites is 1. The molecule has 26 heavy (non-hydrogen) atoms. The van der Waals surface area contributed by atoms with Gasteiger partial charge in [0.15, 0.2) is 16.4 Å². The summed E-state index contributed by atoms with van der Waals surface area (Å²) in [7, 11) is -2.95. The molecule has 8 heteroatoms. The van der Waals surface area contributed by atoms with Gasteiger partial charge in [-0.05, 0) is 18.6 Å². The zero-order valence-corrected chi connectivity index (χ0v) is 16.2. The van der Waals surface area contributed by atoms with E-state index >= 15 is 0 Å². The van der Waals surface area contributed by atoms with Gasteiger partial charge in [-0.15, -0.1) is 11.3 Å². The Kier molecular flexibility index (Phi) is 4.98. The molecule has 2 aliphatic rings. The normalized spacial score (nSPS) is 28.2. The van der Waals surface area contributed by atoms with Crippen LogP contribution in [0.1, 0.15) is 30.2 Å². The van der Waals surface area contributed by atoms with Crippen molar-refractivity contribution in [1.29, 1.82) is 0 Å². The first-order chi connectivity index (χ1) is 12.5. The van der Waals surface area contributed by atoms with Crippen molar-refractivity contribution in [2.45, 2.75) is 31.2 Å². The van der Waals surface area contributed by atoms with Crippen LogP contribution < -0.4 is 10.2 Å². The number of carbonyl (C=O) groups excluding carboxylic acids is 1. The van der Waals surface area contributed by atoms with Crippen LogP contribution in [0.15, 0.2) is 24.3 Å². The molecular formula is C18H24N3O3S2+. The second-order valence-corrected chi connectivity index (χ2v) is 10.7. The highest BCUT2D eigenvalue weighted by atomic mass is 32.2. The lowest BCUT2D eigenvalue weighted by atomic mass is 9.97. The molecular weight excluding hydrogens is 370 g/mol. The molecule has 0 bridgehead atoms. The van der Waals surface area contributed by atoms with Gasteiger partial charge in [0, 0.05) is 24.8 Å². The topological polar surface area (TPSA) is 80.6 Å². The number of aromatic nitrogens is 1. The summed E-state index contributed by atoms with van der Waals surface area (Å²) in [6.45, 7) is 2.34. The maximum atomic E-state index is 12.2. The molecule has 2 aromatic rings. The van der Waals surface area contributed by atoms with Crippen LogP contribution in [0.5, 0.6) is 0 Å². The summed E-state index contributed by atoms with van der Waals surface area (Å²) in [5.74, 6) is 0.742. The number of thiazole rings is 1. The van der Waals surface area contributed by atoms with Gasteiger partial charge in [-0.3, -0.25) is 4.79 Å². The third-order valence-corrected chi connectivity index (χ3v) is 8.33. The van der Waals surface area contributed by atoms with Crippen LogP contribution in [0, 0.1) is 0 Å². The number of likely N-dealkylation sites (tertiary alicyclic amines) is 1. The smallest absolute Gasteiger partial charge is 0.275 e. The number of sulfone groups is 1. The fourth-order valence-corrected chi connectivity index (χ4v) is 6.74. The molecule has 1 amide bonds. The fraction of sp³-hybridized carbons (Fsp3) is 0.556. The molecule has 1 aromatic carbocycles. The first-order valence-electron chi connectivity index (χ1n) is 9.17. The Hall–Kier alpha value is -1.51. The van der Waals surface area contributed by atoms with Crippen molar-refractivity contribution in [1.82, 2.24) is 10.3 Å². The highest BCUT2D eigenvalue weighted by Gasteiger charge is 2.31. The highest BCUT2D eigenvalue weighted by Crippen LogP contribution is 2.31. The summed E-state index contributed by atoms with van der Waals surface area (Å²) in [5.41, 5.74) is 1.08. The molecule has 6 nitrogen and oxygen atoms in total. The molecule has 0 radical (unpaired) electrons. The van der Waals surface area contributed by atoms with Gasteiger partial charge >= 0.3 is 0 Å². The lowest BCUT2D eigenvalue weighted by Crippen LogP contribution is -3.14. The van der Waals surface area contributed by atoms with Gasteiger partial charge in [0.05, 0.1) is 39.8 Å². The van der Waals surface area contributed by atoms with E-state index in [0.29, 0.717) is 18.9 Å². The molecule has 0 unspecified atom stereocenters. The second kappa shape index (κ2) is 7.25. The number of nitrogens with zero attached hydrogens (tertiary/aromatic N) is 1. The number of nitrogens with one attached hydrogen (secondary N) is 2. The lowest BCUT2D eigenvalue weighted by Gasteiger charge is -2.28. The minimum Gasteiger partial charge on any atom is -0.347 e. The van der Waals surface area contributed by atoms with Crippen LogP contribution in [0.25, 0.3) is 10.2 Å². The van der Waals surface area contributed by atoms with E-state index in [-0.39, 0.29) is 23.5 Å². The zero-order chi connectivity index (χ0) is 18.1. The van der Waals surface area contributed by atoms with Crippen LogP contribution >= 0.6 is 11.3 Å². The number of rotatable bonds is 4. The number of amides is 1. The molecule has 0 aliphatic carbocycles. The van der Waals surface area contributed by atoms with E-state index in [2.05, 4.69) is 17.4 Å². The number of piperidine rings is 1. The average molecular weight is 395 g/mol. The van der Waals surface area contributed by atoms with Gasteiger partial charge < -0.3 is 10.2 Å². The van der Waals surface area contributed by atoms with E-state index in [1.807, 2.05) is 12.1 Å². The van der Waals surface area contributed by atoms with Crippen LogP contribution in [0.2, 0.25) is 0 Å². The third kappa shape index (κ3) is 4.07. The van der Waals surface area contributed by atoms with Crippen molar-refractivity contribution in [2.75, 3.05) is 31.1 Å². The summed E-state index contributed by atoms with van der Waals surface area (Å²) in [5, 5.41) is 4.11. The van der Waals surface area contributed by atoms with Crippen molar-refractivity contribution in [3.63, 3.8) is 0 Å². The standard InChI is InChI=1S/C18H23N3O3S2/c22-17(19-14-7-10-26(23,24)12-14)11-21-8-5-13(6-9-21)18-20-15-3-1-2-4-16(15)25-18/h1-4,13-14H,5-12H2,(H,19,22)/p+1/t14-/m0/s1. The molecule has 0 saturated carbocycles. The van der Waals surface area contributed by atoms with Crippen LogP contribution in [-0.2, 0) is 14.6 Å². The zero-order valence-electron chi connectivity index (χ0n) is 14.6. The molecule has 0 spiro atoms. The Labute approximate surface area is 157 Å². The SMILES string of the molecule is O=C(C[NH+]1CCC(c2nc3ccccc3s2)CC1)N[C@H]1CCS(=O)(=O)C1. The Morgan fingerprint density at radius 1 is 1.23 bits per heavy atom. The molecule has 2 aliphatic heterocycles. The monoisotopic (exact) mass is 394 g/mol. The Balaban J connectivity index is 1.27.